The molecule has 0 atom stereocenters. The maximum Gasteiger partial charge on any atom is 0.425 e. The molecule has 0 saturated carbocycles. The number of rotatable bonds is 4. The highest BCUT2D eigenvalue weighted by Crippen LogP contribution is 2.29. The topological polar surface area (TPSA) is 114 Å². The lowest BCUT2D eigenvalue weighted by molar-refractivity contribution is 0.0921. The second kappa shape index (κ2) is 9.90. The van der Waals surface area contributed by atoms with Gasteiger partial charge in [-0.3, -0.25) is 19.6 Å². The summed E-state index contributed by atoms with van der Waals surface area (Å²) in [5, 5.41) is 3.45. The van der Waals surface area contributed by atoms with Crippen LogP contribution in [0.3, 0.4) is 0 Å². The van der Waals surface area contributed by atoms with Crippen molar-refractivity contribution >= 4 is 58.4 Å². The summed E-state index contributed by atoms with van der Waals surface area (Å²) in [6, 6.07) is 9.19. The van der Waals surface area contributed by atoms with E-state index in [0.29, 0.717) is 5.56 Å². The number of benzene rings is 1. The molecule has 166 valence electrons. The molecule has 0 radical (unpaired) electrons. The van der Waals surface area contributed by atoms with Gasteiger partial charge < -0.3 is 10.1 Å². The fraction of sp³-hybridized carbons (Fsp3) is 0.100. The van der Waals surface area contributed by atoms with Gasteiger partial charge in [0.2, 0.25) is 0 Å². The number of pyridine rings is 1. The molecule has 32 heavy (non-hydrogen) atoms. The van der Waals surface area contributed by atoms with Crippen LogP contribution < -0.4 is 16.2 Å². The number of ether oxygens (including phenoxy) is 1. The number of hydrogen-bond acceptors (Lipinski definition) is 5. The molecule has 9 nitrogen and oxygen atoms in total. The highest BCUT2D eigenvalue weighted by molar-refractivity contribution is 6.33. The van der Waals surface area contributed by atoms with Crippen molar-refractivity contribution in [2.45, 2.75) is 6.92 Å². The molecule has 0 aliphatic carbocycles. The van der Waals surface area contributed by atoms with E-state index < -0.39 is 17.9 Å². The van der Waals surface area contributed by atoms with E-state index in [1.165, 1.54) is 29.0 Å². The number of hydrogen-bond donors (Lipinski definition) is 3. The van der Waals surface area contributed by atoms with E-state index in [2.05, 4.69) is 25.9 Å². The number of carbonyl (C=O) groups is 3. The molecular formula is C20H16Cl3N5O4. The van der Waals surface area contributed by atoms with Crippen LogP contribution >= 0.6 is 34.8 Å². The minimum Gasteiger partial charge on any atom is -0.452 e. The van der Waals surface area contributed by atoms with Crippen LogP contribution in [-0.4, -0.2) is 34.6 Å². The molecule has 1 aromatic carbocycles. The van der Waals surface area contributed by atoms with Gasteiger partial charge in [0.05, 0.1) is 23.4 Å². The zero-order valence-electron chi connectivity index (χ0n) is 16.7. The maximum atomic E-state index is 13.1. The lowest BCUT2D eigenvalue weighted by atomic mass is 10.1. The maximum absolute atomic E-state index is 13.1. The van der Waals surface area contributed by atoms with E-state index in [9.17, 15) is 14.4 Å². The van der Waals surface area contributed by atoms with Crippen LogP contribution in [0.5, 0.6) is 0 Å². The van der Waals surface area contributed by atoms with E-state index in [4.69, 9.17) is 34.8 Å². The molecule has 2 heterocycles. The van der Waals surface area contributed by atoms with Crippen molar-refractivity contribution in [1.82, 2.24) is 20.4 Å². The van der Waals surface area contributed by atoms with Crippen LogP contribution in [0.4, 0.5) is 10.5 Å². The third-order valence-electron chi connectivity index (χ3n) is 4.26. The van der Waals surface area contributed by atoms with Gasteiger partial charge in [-0.2, -0.15) is 0 Å². The minimum absolute atomic E-state index is 0.0137. The smallest absolute Gasteiger partial charge is 0.425 e. The molecule has 0 saturated heterocycles. The van der Waals surface area contributed by atoms with Crippen molar-refractivity contribution in [3.05, 3.63) is 74.6 Å². The largest absolute Gasteiger partial charge is 0.452 e. The standard InChI is InChI=1S/C20H16Cl3N5O4/c1-10-8-11(21)9-12(18(29)26-27-20(31)32-2)16(10)25-19(30)14-5-6-15(23)28(14)17-13(22)4-3-7-24-17/h3-9H,1-2H3,(H,25,30)(H,26,29)(H,27,31). The lowest BCUT2D eigenvalue weighted by Gasteiger charge is -2.16. The molecular weight excluding hydrogens is 481 g/mol. The molecule has 0 fully saturated rings. The fourth-order valence-electron chi connectivity index (χ4n) is 2.84. The van der Waals surface area contributed by atoms with Crippen molar-refractivity contribution in [2.24, 2.45) is 0 Å². The summed E-state index contributed by atoms with van der Waals surface area (Å²) in [6.45, 7) is 1.66. The number of halogens is 3. The summed E-state index contributed by atoms with van der Waals surface area (Å²) >= 11 is 18.6. The summed E-state index contributed by atoms with van der Waals surface area (Å²) in [5.74, 6) is -1.04. The number of anilines is 1. The average Bonchev–Trinajstić information content (AvgIpc) is 3.14. The van der Waals surface area contributed by atoms with Gasteiger partial charge in [0, 0.05) is 11.2 Å². The molecule has 3 amide bonds. The van der Waals surface area contributed by atoms with Crippen LogP contribution in [0.15, 0.2) is 42.6 Å². The highest BCUT2D eigenvalue weighted by atomic mass is 35.5. The van der Waals surface area contributed by atoms with Crippen LogP contribution in [0, 0.1) is 6.92 Å². The molecule has 2 aromatic heterocycles. The summed E-state index contributed by atoms with van der Waals surface area (Å²) in [5.41, 5.74) is 5.07. The summed E-state index contributed by atoms with van der Waals surface area (Å²) in [7, 11) is 1.14. The normalized spacial score (nSPS) is 10.4. The van der Waals surface area contributed by atoms with Gasteiger partial charge in [0.1, 0.15) is 10.8 Å². The first-order valence-electron chi connectivity index (χ1n) is 8.97. The number of aryl methyl sites for hydroxylation is 1. The predicted molar refractivity (Wildman–Crippen MR) is 121 cm³/mol. The van der Waals surface area contributed by atoms with Crippen molar-refractivity contribution in [2.75, 3.05) is 12.4 Å². The molecule has 0 aliphatic rings. The Morgan fingerprint density at radius 2 is 1.78 bits per heavy atom. The number of methoxy groups -OCH3 is 1. The molecule has 0 unspecified atom stereocenters. The van der Waals surface area contributed by atoms with Gasteiger partial charge >= 0.3 is 6.09 Å². The summed E-state index contributed by atoms with van der Waals surface area (Å²) < 4.78 is 5.79. The highest BCUT2D eigenvalue weighted by Gasteiger charge is 2.22. The van der Waals surface area contributed by atoms with Gasteiger partial charge in [-0.15, -0.1) is 0 Å². The third kappa shape index (κ3) is 4.96. The monoisotopic (exact) mass is 495 g/mol. The first-order chi connectivity index (χ1) is 15.2. The van der Waals surface area contributed by atoms with E-state index in [0.717, 1.165) is 7.11 Å². The number of amides is 3. The third-order valence-corrected chi connectivity index (χ3v) is 5.07. The first kappa shape index (κ1) is 23.4. The quantitative estimate of drug-likeness (QED) is 0.463. The Hall–Kier alpha value is -3.27. The number of nitrogens with one attached hydrogen (secondary N) is 3. The number of aromatic nitrogens is 2. The summed E-state index contributed by atoms with van der Waals surface area (Å²) in [6.07, 6.45) is 0.640. The molecule has 0 aliphatic heterocycles. The van der Waals surface area contributed by atoms with E-state index in [1.807, 2.05) is 0 Å². The van der Waals surface area contributed by atoms with Gasteiger partial charge in [-0.05, 0) is 48.9 Å². The van der Waals surface area contributed by atoms with Crippen LogP contribution in [0.2, 0.25) is 15.2 Å². The Morgan fingerprint density at radius 1 is 1.03 bits per heavy atom. The Balaban J connectivity index is 1.97. The molecule has 3 N–H and O–H groups in total. The summed E-state index contributed by atoms with van der Waals surface area (Å²) in [4.78, 5) is 41.2. The zero-order valence-corrected chi connectivity index (χ0v) is 19.0. The Morgan fingerprint density at radius 3 is 2.47 bits per heavy atom. The second-order valence-electron chi connectivity index (χ2n) is 6.36. The number of carbonyl (C=O) groups excluding carboxylic acids is 3. The molecule has 3 rings (SSSR count). The van der Waals surface area contributed by atoms with Crippen LogP contribution in [0.1, 0.15) is 26.4 Å². The van der Waals surface area contributed by atoms with Crippen LogP contribution in [0.25, 0.3) is 5.82 Å². The fourth-order valence-corrected chi connectivity index (χ4v) is 3.55. The SMILES string of the molecule is COC(=O)NNC(=O)c1cc(Cl)cc(C)c1NC(=O)c1ccc(Cl)n1-c1ncccc1Cl. The van der Waals surface area contributed by atoms with E-state index in [1.54, 1.807) is 25.1 Å². The molecule has 0 bridgehead atoms. The Kier molecular flexibility index (Phi) is 7.24. The van der Waals surface area contributed by atoms with Crippen molar-refractivity contribution in [1.29, 1.82) is 0 Å². The van der Waals surface area contributed by atoms with E-state index >= 15 is 0 Å². The van der Waals surface area contributed by atoms with Gasteiger partial charge in [-0.1, -0.05) is 34.8 Å². The average molecular weight is 497 g/mol. The predicted octanol–water partition coefficient (Wildman–Crippen LogP) is 4.39. The Labute approximate surface area is 197 Å². The lowest BCUT2D eigenvalue weighted by Crippen LogP contribution is -2.41. The van der Waals surface area contributed by atoms with Gasteiger partial charge in [0.15, 0.2) is 5.82 Å². The van der Waals surface area contributed by atoms with Crippen molar-refractivity contribution < 1.29 is 19.1 Å². The Bertz CT molecular complexity index is 1210. The minimum atomic E-state index is -0.873. The molecule has 0 spiro atoms. The van der Waals surface area contributed by atoms with Crippen molar-refractivity contribution in [3.63, 3.8) is 0 Å². The van der Waals surface area contributed by atoms with Gasteiger partial charge in [-0.25, -0.2) is 15.2 Å². The van der Waals surface area contributed by atoms with Crippen molar-refractivity contribution in [3.8, 4) is 5.82 Å². The second-order valence-corrected chi connectivity index (χ2v) is 7.59. The molecule has 3 aromatic rings. The van der Waals surface area contributed by atoms with Crippen LogP contribution in [-0.2, 0) is 4.74 Å². The molecule has 12 heteroatoms. The van der Waals surface area contributed by atoms with Gasteiger partial charge in [0.25, 0.3) is 11.8 Å². The van der Waals surface area contributed by atoms with E-state index in [-0.39, 0.29) is 38.0 Å². The number of hydrazine groups is 1. The zero-order chi connectivity index (χ0) is 23.4. The number of nitrogens with zero attached hydrogens (tertiary/aromatic N) is 2. The first-order valence-corrected chi connectivity index (χ1v) is 10.1.